The smallest absolute Gasteiger partial charge is 0.279 e. The van der Waals surface area contributed by atoms with Crippen molar-refractivity contribution in [2.24, 2.45) is 4.99 Å². The van der Waals surface area contributed by atoms with Gasteiger partial charge < -0.3 is 10.1 Å². The van der Waals surface area contributed by atoms with Crippen LogP contribution in [-0.4, -0.2) is 17.0 Å². The third kappa shape index (κ3) is 6.37. The Balaban J connectivity index is 1.47. The van der Waals surface area contributed by atoms with E-state index in [0.717, 1.165) is 30.0 Å². The fraction of sp³-hybridized carbons (Fsp3) is 0.0417. The van der Waals surface area contributed by atoms with E-state index in [-0.39, 0.29) is 16.9 Å². The number of carbonyl (C=O) groups is 2. The van der Waals surface area contributed by atoms with E-state index >= 15 is 0 Å². The Morgan fingerprint density at radius 3 is 2.38 bits per heavy atom. The SMILES string of the molecule is O=C1NC(=NC(=O)c2ccc(Cl)cc2)S/C1=C\c1cc(I)c(OCc2ccc(F)cc2)c(I)c1. The van der Waals surface area contributed by atoms with Crippen molar-refractivity contribution in [2.75, 3.05) is 0 Å². The van der Waals surface area contributed by atoms with Gasteiger partial charge in [-0.1, -0.05) is 23.7 Å². The number of nitrogens with one attached hydrogen (secondary N) is 1. The molecule has 0 bridgehead atoms. The normalized spacial score (nSPS) is 15.6. The van der Waals surface area contributed by atoms with Gasteiger partial charge in [-0.05, 0) is 123 Å². The summed E-state index contributed by atoms with van der Waals surface area (Å²) in [5.74, 6) is -0.365. The lowest BCUT2D eigenvalue weighted by molar-refractivity contribution is -0.115. The van der Waals surface area contributed by atoms with Gasteiger partial charge in [-0.3, -0.25) is 9.59 Å². The second kappa shape index (κ2) is 11.2. The molecular formula is C24H14ClFI2N2O3S. The maximum Gasteiger partial charge on any atom is 0.279 e. The molecule has 4 rings (SSSR count). The van der Waals surface area contributed by atoms with E-state index in [9.17, 15) is 14.0 Å². The van der Waals surface area contributed by atoms with E-state index in [2.05, 4.69) is 55.5 Å². The summed E-state index contributed by atoms with van der Waals surface area (Å²) in [5, 5.41) is 3.37. The van der Waals surface area contributed by atoms with Gasteiger partial charge in [0.25, 0.3) is 11.8 Å². The first-order valence-corrected chi connectivity index (χ1v) is 13.1. The zero-order valence-electron chi connectivity index (χ0n) is 17.2. The molecule has 1 aliphatic rings. The van der Waals surface area contributed by atoms with Crippen LogP contribution in [0.2, 0.25) is 5.02 Å². The minimum absolute atomic E-state index is 0.222. The highest BCUT2D eigenvalue weighted by atomic mass is 127. The van der Waals surface area contributed by atoms with Crippen molar-refractivity contribution in [2.45, 2.75) is 6.61 Å². The first-order valence-electron chi connectivity index (χ1n) is 9.74. The summed E-state index contributed by atoms with van der Waals surface area (Å²) in [7, 11) is 0. The Labute approximate surface area is 231 Å². The Hall–Kier alpha value is -1.96. The predicted molar refractivity (Wildman–Crippen MR) is 150 cm³/mol. The summed E-state index contributed by atoms with van der Waals surface area (Å²) >= 11 is 11.3. The van der Waals surface area contributed by atoms with Crippen LogP contribution in [0.3, 0.4) is 0 Å². The molecule has 1 saturated heterocycles. The van der Waals surface area contributed by atoms with Gasteiger partial charge in [0, 0.05) is 10.6 Å². The summed E-state index contributed by atoms with van der Waals surface area (Å²) in [6, 6.07) is 16.3. The van der Waals surface area contributed by atoms with Crippen LogP contribution < -0.4 is 10.1 Å². The molecule has 5 nitrogen and oxygen atoms in total. The topological polar surface area (TPSA) is 67.8 Å². The lowest BCUT2D eigenvalue weighted by Gasteiger charge is -2.12. The van der Waals surface area contributed by atoms with E-state index in [1.807, 2.05) is 12.1 Å². The van der Waals surface area contributed by atoms with E-state index in [1.165, 1.54) is 12.1 Å². The number of hydrogen-bond donors (Lipinski definition) is 1. The largest absolute Gasteiger partial charge is 0.487 e. The molecular weight excluding hydrogens is 705 g/mol. The summed E-state index contributed by atoms with van der Waals surface area (Å²) in [4.78, 5) is 29.2. The Bertz CT molecular complexity index is 1310. The molecule has 3 aromatic carbocycles. The van der Waals surface area contributed by atoms with Crippen LogP contribution in [0.5, 0.6) is 5.75 Å². The van der Waals surface area contributed by atoms with Crippen molar-refractivity contribution >= 4 is 91.6 Å². The van der Waals surface area contributed by atoms with Crippen molar-refractivity contribution in [1.82, 2.24) is 5.32 Å². The third-order valence-corrected chi connectivity index (χ3v) is 7.32. The Morgan fingerprint density at radius 2 is 1.74 bits per heavy atom. The lowest BCUT2D eigenvalue weighted by Crippen LogP contribution is -2.20. The van der Waals surface area contributed by atoms with E-state index < -0.39 is 5.91 Å². The number of amidine groups is 1. The van der Waals surface area contributed by atoms with Crippen molar-refractivity contribution in [3.63, 3.8) is 0 Å². The quantitative estimate of drug-likeness (QED) is 0.237. The number of nitrogens with zero attached hydrogens (tertiary/aromatic N) is 1. The monoisotopic (exact) mass is 718 g/mol. The Morgan fingerprint density at radius 1 is 1.09 bits per heavy atom. The van der Waals surface area contributed by atoms with Crippen molar-refractivity contribution in [3.05, 3.63) is 100 Å². The second-order valence-corrected chi connectivity index (χ2v) is 10.8. The highest BCUT2D eigenvalue weighted by molar-refractivity contribution is 14.1. The molecule has 0 aromatic heterocycles. The summed E-state index contributed by atoms with van der Waals surface area (Å²) in [6.45, 7) is 0.312. The van der Waals surface area contributed by atoms with Gasteiger partial charge in [0.2, 0.25) is 0 Å². The van der Waals surface area contributed by atoms with Crippen LogP contribution in [0, 0.1) is 13.0 Å². The molecule has 1 aliphatic heterocycles. The summed E-state index contributed by atoms with van der Waals surface area (Å²) in [6.07, 6.45) is 1.74. The molecule has 172 valence electrons. The second-order valence-electron chi connectivity index (χ2n) is 7.02. The van der Waals surface area contributed by atoms with Crippen LogP contribution in [0.15, 0.2) is 70.6 Å². The number of thioether (sulfide) groups is 1. The van der Waals surface area contributed by atoms with Crippen molar-refractivity contribution in [3.8, 4) is 5.75 Å². The van der Waals surface area contributed by atoms with Crippen LogP contribution in [0.1, 0.15) is 21.5 Å². The first-order chi connectivity index (χ1) is 16.3. The molecule has 10 heteroatoms. The van der Waals surface area contributed by atoms with Gasteiger partial charge in [-0.25, -0.2) is 4.39 Å². The predicted octanol–water partition coefficient (Wildman–Crippen LogP) is 6.67. The van der Waals surface area contributed by atoms with E-state index in [1.54, 1.807) is 42.5 Å². The molecule has 0 unspecified atom stereocenters. The first kappa shape index (κ1) is 25.1. The molecule has 2 amide bonds. The number of benzene rings is 3. The molecule has 0 aliphatic carbocycles. The maximum absolute atomic E-state index is 13.1. The molecule has 0 radical (unpaired) electrons. The molecule has 1 N–H and O–H groups in total. The molecule has 0 atom stereocenters. The van der Waals surface area contributed by atoms with Gasteiger partial charge in [0.15, 0.2) is 5.17 Å². The van der Waals surface area contributed by atoms with Gasteiger partial charge in [-0.15, -0.1) is 0 Å². The number of amides is 2. The molecule has 0 spiro atoms. The van der Waals surface area contributed by atoms with E-state index in [4.69, 9.17) is 16.3 Å². The van der Waals surface area contributed by atoms with Gasteiger partial charge >= 0.3 is 0 Å². The van der Waals surface area contributed by atoms with Crippen molar-refractivity contribution in [1.29, 1.82) is 0 Å². The highest BCUT2D eigenvalue weighted by Gasteiger charge is 2.25. The standard InChI is InChI=1S/C24H14ClFI2N2O3S/c25-16-5-3-15(4-6-16)22(31)29-24-30-23(32)20(34-24)11-14-9-18(27)21(19(28)10-14)33-12-13-1-7-17(26)8-2-13/h1-11H,12H2,(H,29,30,31,32)/b20-11-. The fourth-order valence-corrected chi connectivity index (χ4v) is 5.99. The average molecular weight is 719 g/mol. The number of hydrogen-bond acceptors (Lipinski definition) is 4. The minimum Gasteiger partial charge on any atom is -0.487 e. The van der Waals surface area contributed by atoms with Crippen LogP contribution >= 0.6 is 68.5 Å². The fourth-order valence-electron chi connectivity index (χ4n) is 2.92. The third-order valence-electron chi connectivity index (χ3n) is 4.56. The lowest BCUT2D eigenvalue weighted by atomic mass is 10.2. The van der Waals surface area contributed by atoms with Gasteiger partial charge in [0.1, 0.15) is 18.2 Å². The zero-order chi connectivity index (χ0) is 24.2. The van der Waals surface area contributed by atoms with Crippen LogP contribution in [0.4, 0.5) is 4.39 Å². The number of ether oxygens (including phenoxy) is 1. The molecule has 3 aromatic rings. The van der Waals surface area contributed by atoms with Gasteiger partial charge in [-0.2, -0.15) is 4.99 Å². The maximum atomic E-state index is 13.1. The highest BCUT2D eigenvalue weighted by Crippen LogP contribution is 2.32. The number of carbonyl (C=O) groups excluding carboxylic acids is 2. The van der Waals surface area contributed by atoms with Crippen LogP contribution in [0.25, 0.3) is 6.08 Å². The molecule has 0 saturated carbocycles. The summed E-state index contributed by atoms with van der Waals surface area (Å²) in [5.41, 5.74) is 2.05. The molecule has 34 heavy (non-hydrogen) atoms. The zero-order valence-corrected chi connectivity index (χ0v) is 23.0. The van der Waals surface area contributed by atoms with Crippen LogP contribution in [-0.2, 0) is 11.4 Å². The van der Waals surface area contributed by atoms with Crippen molar-refractivity contribution < 1.29 is 18.7 Å². The molecule has 1 fully saturated rings. The summed E-state index contributed by atoms with van der Waals surface area (Å²) < 4.78 is 20.8. The number of aliphatic imine (C=N–C) groups is 1. The number of rotatable bonds is 5. The van der Waals surface area contributed by atoms with E-state index in [0.29, 0.717) is 27.8 Å². The average Bonchev–Trinajstić information content (AvgIpc) is 3.13. The molecule has 1 heterocycles. The van der Waals surface area contributed by atoms with Gasteiger partial charge in [0.05, 0.1) is 12.0 Å². The number of halogens is 4. The minimum atomic E-state index is -0.465. The Kier molecular flexibility index (Phi) is 8.27.